The summed E-state index contributed by atoms with van der Waals surface area (Å²) in [6, 6.07) is 0. The molecular weight excluding hydrogens is 216 g/mol. The Morgan fingerprint density at radius 3 is 1.11 bits per heavy atom. The average Bonchev–Trinajstić information content (AvgIpc) is 2.38. The lowest BCUT2D eigenvalue weighted by atomic mass is 9.64. The molecule has 0 spiro atoms. The van der Waals surface area contributed by atoms with Gasteiger partial charge in [0.05, 0.1) is 0 Å². The van der Waals surface area contributed by atoms with E-state index in [-0.39, 0.29) is 0 Å². The van der Waals surface area contributed by atoms with Gasteiger partial charge < -0.3 is 0 Å². The molecule has 18 heavy (non-hydrogen) atoms. The van der Waals surface area contributed by atoms with Crippen LogP contribution in [-0.4, -0.2) is 0 Å². The van der Waals surface area contributed by atoms with Gasteiger partial charge in [-0.05, 0) is 61.2 Å². The summed E-state index contributed by atoms with van der Waals surface area (Å²) in [5.41, 5.74) is 0. The monoisotopic (exact) mass is 252 g/mol. The standard InChI is InChI=1S/C16H30.C2H6/c1-11-5-7-15(9-13(11)3)16-8-6-12(2)14(4)10-16;1-2/h11-16H,5-10H2,1-4H3;1-2H3. The first kappa shape index (κ1) is 16.1. The van der Waals surface area contributed by atoms with Crippen LogP contribution >= 0.6 is 0 Å². The maximum absolute atomic E-state index is 2.48. The zero-order valence-electron chi connectivity index (χ0n) is 13.7. The second-order valence-corrected chi connectivity index (χ2v) is 7.06. The Morgan fingerprint density at radius 2 is 0.833 bits per heavy atom. The third-order valence-corrected chi connectivity index (χ3v) is 5.94. The van der Waals surface area contributed by atoms with Crippen LogP contribution in [0.2, 0.25) is 0 Å². The smallest absolute Gasteiger partial charge is 0.0383 e. The van der Waals surface area contributed by atoms with Gasteiger partial charge in [-0.2, -0.15) is 0 Å². The lowest BCUT2D eigenvalue weighted by Gasteiger charge is -2.41. The summed E-state index contributed by atoms with van der Waals surface area (Å²) >= 11 is 0. The summed E-state index contributed by atoms with van der Waals surface area (Å²) in [7, 11) is 0. The van der Waals surface area contributed by atoms with E-state index in [0.29, 0.717) is 0 Å². The third kappa shape index (κ3) is 4.00. The highest BCUT2D eigenvalue weighted by Crippen LogP contribution is 2.44. The zero-order chi connectivity index (χ0) is 13.7. The molecule has 0 aliphatic heterocycles. The van der Waals surface area contributed by atoms with Crippen molar-refractivity contribution < 1.29 is 0 Å². The molecule has 0 heteroatoms. The Morgan fingerprint density at radius 1 is 0.500 bits per heavy atom. The largest absolute Gasteiger partial charge is 0.0683 e. The van der Waals surface area contributed by atoms with Crippen LogP contribution < -0.4 is 0 Å². The second-order valence-electron chi connectivity index (χ2n) is 7.06. The van der Waals surface area contributed by atoms with Gasteiger partial charge in [-0.25, -0.2) is 0 Å². The van der Waals surface area contributed by atoms with Gasteiger partial charge >= 0.3 is 0 Å². The van der Waals surface area contributed by atoms with Crippen LogP contribution in [0.1, 0.15) is 80.1 Å². The summed E-state index contributed by atoms with van der Waals surface area (Å²) < 4.78 is 0. The molecule has 0 saturated heterocycles. The molecule has 0 aromatic rings. The second kappa shape index (κ2) is 7.56. The fourth-order valence-corrected chi connectivity index (χ4v) is 4.03. The Hall–Kier alpha value is 0. The van der Waals surface area contributed by atoms with Crippen LogP contribution in [-0.2, 0) is 0 Å². The molecule has 6 atom stereocenters. The van der Waals surface area contributed by atoms with Crippen LogP contribution in [0.3, 0.4) is 0 Å². The van der Waals surface area contributed by atoms with E-state index in [1.807, 2.05) is 13.8 Å². The van der Waals surface area contributed by atoms with E-state index in [1.165, 1.54) is 38.5 Å². The van der Waals surface area contributed by atoms with Gasteiger partial charge in [0.25, 0.3) is 0 Å². The normalized spacial score (nSPS) is 45.0. The van der Waals surface area contributed by atoms with Crippen molar-refractivity contribution in [2.45, 2.75) is 80.1 Å². The fraction of sp³-hybridized carbons (Fsp3) is 1.00. The van der Waals surface area contributed by atoms with E-state index in [1.54, 1.807) is 0 Å². The molecule has 0 radical (unpaired) electrons. The van der Waals surface area contributed by atoms with Gasteiger partial charge in [0.2, 0.25) is 0 Å². The van der Waals surface area contributed by atoms with Gasteiger partial charge in [0, 0.05) is 0 Å². The minimum absolute atomic E-state index is 0.980. The van der Waals surface area contributed by atoms with Crippen LogP contribution in [0.4, 0.5) is 0 Å². The van der Waals surface area contributed by atoms with Crippen LogP contribution in [0, 0.1) is 35.5 Å². The molecule has 0 bridgehead atoms. The highest BCUT2D eigenvalue weighted by Gasteiger charge is 2.33. The van der Waals surface area contributed by atoms with Gasteiger partial charge in [0.1, 0.15) is 0 Å². The highest BCUT2D eigenvalue weighted by molar-refractivity contribution is 4.84. The molecule has 2 aliphatic rings. The lowest BCUT2D eigenvalue weighted by molar-refractivity contribution is 0.0956. The van der Waals surface area contributed by atoms with Crippen LogP contribution in [0.5, 0.6) is 0 Å². The van der Waals surface area contributed by atoms with Crippen molar-refractivity contribution >= 4 is 0 Å². The molecule has 0 heterocycles. The molecule has 0 aromatic carbocycles. The van der Waals surface area contributed by atoms with Crippen molar-refractivity contribution in [3.63, 3.8) is 0 Å². The molecule has 2 fully saturated rings. The minimum Gasteiger partial charge on any atom is -0.0683 e. The molecular formula is C18H36. The van der Waals surface area contributed by atoms with E-state index < -0.39 is 0 Å². The van der Waals surface area contributed by atoms with Crippen molar-refractivity contribution in [1.82, 2.24) is 0 Å². The van der Waals surface area contributed by atoms with E-state index in [2.05, 4.69) is 27.7 Å². The van der Waals surface area contributed by atoms with Gasteiger partial charge in [-0.15, -0.1) is 0 Å². The predicted octanol–water partition coefficient (Wildman–Crippen LogP) is 6.16. The van der Waals surface area contributed by atoms with Gasteiger partial charge in [-0.1, -0.05) is 54.4 Å². The molecule has 6 unspecified atom stereocenters. The third-order valence-electron chi connectivity index (χ3n) is 5.94. The van der Waals surface area contributed by atoms with Crippen LogP contribution in [0.15, 0.2) is 0 Å². The summed E-state index contributed by atoms with van der Waals surface area (Å²) in [4.78, 5) is 0. The summed E-state index contributed by atoms with van der Waals surface area (Å²) in [5.74, 6) is 6.07. The Labute approximate surface area is 116 Å². The van der Waals surface area contributed by atoms with Gasteiger partial charge in [0.15, 0.2) is 0 Å². The SMILES string of the molecule is CC.CC1CCC(C2CCC(C)C(C)C2)CC1C. The Balaban J connectivity index is 0.000000771. The maximum Gasteiger partial charge on any atom is -0.0383 e. The molecule has 0 N–H and O–H groups in total. The molecule has 0 nitrogen and oxygen atoms in total. The molecule has 0 aromatic heterocycles. The maximum atomic E-state index is 2.48. The lowest BCUT2D eigenvalue weighted by Crippen LogP contribution is -2.31. The first-order chi connectivity index (χ1) is 8.58. The van der Waals surface area contributed by atoms with Crippen LogP contribution in [0.25, 0.3) is 0 Å². The van der Waals surface area contributed by atoms with E-state index in [9.17, 15) is 0 Å². The Kier molecular flexibility index (Phi) is 6.74. The highest BCUT2D eigenvalue weighted by atomic mass is 14.4. The van der Waals surface area contributed by atoms with E-state index in [4.69, 9.17) is 0 Å². The first-order valence-corrected chi connectivity index (χ1v) is 8.58. The van der Waals surface area contributed by atoms with Crippen molar-refractivity contribution in [2.24, 2.45) is 35.5 Å². The average molecular weight is 252 g/mol. The van der Waals surface area contributed by atoms with Crippen molar-refractivity contribution in [1.29, 1.82) is 0 Å². The zero-order valence-corrected chi connectivity index (χ0v) is 13.7. The molecule has 2 aliphatic carbocycles. The molecule has 2 saturated carbocycles. The summed E-state index contributed by atoms with van der Waals surface area (Å²) in [6.45, 7) is 13.9. The molecule has 108 valence electrons. The summed E-state index contributed by atoms with van der Waals surface area (Å²) in [5, 5.41) is 0. The van der Waals surface area contributed by atoms with E-state index >= 15 is 0 Å². The first-order valence-electron chi connectivity index (χ1n) is 8.58. The quantitative estimate of drug-likeness (QED) is 0.524. The van der Waals surface area contributed by atoms with Crippen molar-refractivity contribution in [3.05, 3.63) is 0 Å². The predicted molar refractivity (Wildman–Crippen MR) is 82.7 cm³/mol. The number of hydrogen-bond acceptors (Lipinski definition) is 0. The van der Waals surface area contributed by atoms with Gasteiger partial charge in [-0.3, -0.25) is 0 Å². The number of rotatable bonds is 1. The number of hydrogen-bond donors (Lipinski definition) is 0. The topological polar surface area (TPSA) is 0 Å². The summed E-state index contributed by atoms with van der Waals surface area (Å²) in [6.07, 6.45) is 9.08. The fourth-order valence-electron chi connectivity index (χ4n) is 4.03. The molecule has 2 rings (SSSR count). The van der Waals surface area contributed by atoms with Crippen molar-refractivity contribution in [2.75, 3.05) is 0 Å². The minimum atomic E-state index is 0.980. The molecule has 0 amide bonds. The van der Waals surface area contributed by atoms with E-state index in [0.717, 1.165) is 35.5 Å². The van der Waals surface area contributed by atoms with Crippen molar-refractivity contribution in [3.8, 4) is 0 Å². The Bertz CT molecular complexity index is 196.